The summed E-state index contributed by atoms with van der Waals surface area (Å²) in [4.78, 5) is 26.2. The van der Waals surface area contributed by atoms with Crippen LogP contribution in [0.2, 0.25) is 0 Å². The topological polar surface area (TPSA) is 123 Å². The van der Waals surface area contributed by atoms with E-state index in [1.165, 1.54) is 18.5 Å². The van der Waals surface area contributed by atoms with Crippen LogP contribution in [0.15, 0.2) is 128 Å². The number of rotatable bonds is 12. The summed E-state index contributed by atoms with van der Waals surface area (Å²) in [6.45, 7) is 7.94. The van der Waals surface area contributed by atoms with E-state index in [2.05, 4.69) is 52.4 Å². The molecule has 62 heavy (non-hydrogen) atoms. The summed E-state index contributed by atoms with van der Waals surface area (Å²) in [5, 5.41) is 19.7. The number of carbonyl (C=O) groups is 1. The molecule has 13 nitrogen and oxygen atoms in total. The number of nitrogens with one attached hydrogen (secondary N) is 2. The van der Waals surface area contributed by atoms with Gasteiger partial charge in [0.1, 0.15) is 41.4 Å². The van der Waals surface area contributed by atoms with Crippen molar-refractivity contribution in [2.24, 2.45) is 5.92 Å². The van der Waals surface area contributed by atoms with Crippen LogP contribution >= 0.6 is 0 Å². The zero-order valence-electron chi connectivity index (χ0n) is 34.2. The lowest BCUT2D eigenvalue weighted by Crippen LogP contribution is -2.46. The molecule has 320 valence electrons. The molecule has 3 aliphatic rings. The molecule has 0 radical (unpaired) electrons. The number of amides is 2. The molecule has 1 aromatic heterocycles. The summed E-state index contributed by atoms with van der Waals surface area (Å²) in [6, 6.07) is 34.6. The van der Waals surface area contributed by atoms with Crippen molar-refractivity contribution in [2.75, 3.05) is 95.8 Å². The Labute approximate surface area is 359 Å². The number of hydrogen-bond donors (Lipinski definition) is 3. The van der Waals surface area contributed by atoms with E-state index in [0.29, 0.717) is 30.9 Å². The molecule has 0 aliphatic carbocycles. The highest BCUT2D eigenvalue weighted by Crippen LogP contribution is 2.42. The maximum absolute atomic E-state index is 15.0. The maximum atomic E-state index is 15.0. The molecule has 0 spiro atoms. The van der Waals surface area contributed by atoms with Gasteiger partial charge >= 0.3 is 6.03 Å². The number of nitrogens with zero attached hydrogens (tertiary/aromatic N) is 7. The molecule has 15 heteroatoms. The third-order valence-electron chi connectivity index (χ3n) is 12.0. The Bertz CT molecular complexity index is 2410. The van der Waals surface area contributed by atoms with Crippen molar-refractivity contribution < 1.29 is 28.2 Å². The molecule has 5 aromatic carbocycles. The Morgan fingerprint density at radius 1 is 0.710 bits per heavy atom. The van der Waals surface area contributed by atoms with Crippen molar-refractivity contribution in [3.8, 4) is 11.5 Å². The molecule has 0 saturated carbocycles. The molecule has 0 unspecified atom stereocenters. The van der Waals surface area contributed by atoms with Crippen LogP contribution in [0.3, 0.4) is 0 Å². The van der Waals surface area contributed by atoms with E-state index in [0.717, 1.165) is 92.6 Å². The number of ether oxygens (including phenoxy) is 2. The maximum Gasteiger partial charge on any atom is 0.323 e. The quantitative estimate of drug-likeness (QED) is 0.114. The lowest BCUT2D eigenvalue weighted by atomic mass is 9.87. The Morgan fingerprint density at radius 2 is 1.21 bits per heavy atom. The number of phenolic OH excluding ortho intramolecular Hbond substituents is 1. The van der Waals surface area contributed by atoms with Gasteiger partial charge in [0.05, 0.1) is 19.8 Å². The highest BCUT2D eigenvalue weighted by Gasteiger charge is 2.44. The molecule has 6 aromatic rings. The predicted molar refractivity (Wildman–Crippen MR) is 237 cm³/mol. The van der Waals surface area contributed by atoms with Gasteiger partial charge in [0, 0.05) is 104 Å². The van der Waals surface area contributed by atoms with E-state index >= 15 is 4.39 Å². The Balaban J connectivity index is 0.707. The van der Waals surface area contributed by atoms with Crippen molar-refractivity contribution in [3.05, 3.63) is 145 Å². The smallest absolute Gasteiger partial charge is 0.323 e. The van der Waals surface area contributed by atoms with Crippen LogP contribution in [0.25, 0.3) is 0 Å². The number of benzene rings is 5. The average Bonchev–Trinajstić information content (AvgIpc) is 3.97. The molecule has 3 aliphatic heterocycles. The van der Waals surface area contributed by atoms with Gasteiger partial charge in [0.15, 0.2) is 0 Å². The normalized spacial score (nSPS) is 19.1. The van der Waals surface area contributed by atoms with Gasteiger partial charge in [0.25, 0.3) is 0 Å². The number of aromatic hydroxyl groups is 1. The number of piperazine rings is 2. The van der Waals surface area contributed by atoms with Crippen molar-refractivity contribution >= 4 is 40.2 Å². The number of hydrogen-bond acceptors (Lipinski definition) is 10. The van der Waals surface area contributed by atoms with Gasteiger partial charge in [-0.2, -0.15) is 5.10 Å². The minimum atomic E-state index is -1.02. The fourth-order valence-electron chi connectivity index (χ4n) is 8.67. The molecule has 2 atom stereocenters. The Hall–Kier alpha value is -6.87. The zero-order chi connectivity index (χ0) is 42.5. The first-order valence-electron chi connectivity index (χ1n) is 21.0. The first kappa shape index (κ1) is 40.5. The van der Waals surface area contributed by atoms with E-state index in [4.69, 9.17) is 9.47 Å². The van der Waals surface area contributed by atoms with Crippen LogP contribution in [0.5, 0.6) is 11.5 Å². The predicted octanol–water partition coefficient (Wildman–Crippen LogP) is 7.57. The summed E-state index contributed by atoms with van der Waals surface area (Å²) < 4.78 is 42.9. The number of urea groups is 1. The summed E-state index contributed by atoms with van der Waals surface area (Å²) in [7, 11) is 0. The second-order valence-electron chi connectivity index (χ2n) is 16.0. The summed E-state index contributed by atoms with van der Waals surface area (Å²) in [5.41, 5.74) is 5.14. The highest BCUT2D eigenvalue weighted by molar-refractivity contribution is 6.00. The molecule has 3 saturated heterocycles. The second-order valence-corrected chi connectivity index (χ2v) is 16.0. The molecular weight excluding hydrogens is 793 g/mol. The van der Waals surface area contributed by atoms with Crippen LogP contribution in [0, 0.1) is 17.6 Å². The number of anilines is 6. The van der Waals surface area contributed by atoms with Crippen LogP contribution in [-0.2, 0) is 16.9 Å². The third kappa shape index (κ3) is 9.37. The molecule has 2 amide bonds. The van der Waals surface area contributed by atoms with Crippen molar-refractivity contribution in [3.63, 3.8) is 0 Å². The standard InChI is InChI=1S/C47H49F2N9O4/c48-35-1-18-44(45(49)27-35)47(31-58-33-50-32-51-58)28-34(30-62-47)29-61-43-16-12-41(13-17-43)57-25-21-55(22-26-57)39-8-4-37(5-9-39)53-46(60)52-36-2-6-38(7-3-36)54-19-23-56(24-20-54)40-10-14-42(59)15-11-40/h1-18,27,32-34,59H,19-26,28-31H2,(H2,52,53,60)/t34-,47+/m1/s1. The van der Waals surface area contributed by atoms with Gasteiger partial charge in [-0.1, -0.05) is 6.07 Å². The SMILES string of the molecule is O=C(Nc1ccc(N2CCN(c3ccc(O)cc3)CC2)cc1)Nc1ccc(N2CCN(c3ccc(OC[C@@H]4CO[C@@](Cn5cncn5)(c5ccc(F)cc5F)C4)cc3)CC2)cc1. The molecular formula is C47H49F2N9O4. The third-order valence-corrected chi connectivity index (χ3v) is 12.0. The fourth-order valence-corrected chi connectivity index (χ4v) is 8.67. The van der Waals surface area contributed by atoms with Gasteiger partial charge in [-0.15, -0.1) is 0 Å². The monoisotopic (exact) mass is 841 g/mol. The molecule has 4 heterocycles. The molecule has 3 N–H and O–H groups in total. The van der Waals surface area contributed by atoms with E-state index in [1.807, 2.05) is 72.8 Å². The van der Waals surface area contributed by atoms with Gasteiger partial charge in [0.2, 0.25) is 0 Å². The van der Waals surface area contributed by atoms with Gasteiger partial charge in [-0.3, -0.25) is 0 Å². The summed E-state index contributed by atoms with van der Waals surface area (Å²) in [6.07, 6.45) is 3.46. The highest BCUT2D eigenvalue weighted by atomic mass is 19.1. The largest absolute Gasteiger partial charge is 0.508 e. The van der Waals surface area contributed by atoms with E-state index in [-0.39, 0.29) is 24.2 Å². The van der Waals surface area contributed by atoms with Gasteiger partial charge in [-0.05, 0) is 110 Å². The lowest BCUT2D eigenvalue weighted by Gasteiger charge is -2.37. The number of halogens is 2. The van der Waals surface area contributed by atoms with Crippen molar-refractivity contribution in [1.82, 2.24) is 14.8 Å². The number of aromatic nitrogens is 3. The number of phenols is 1. The zero-order valence-corrected chi connectivity index (χ0v) is 34.2. The van der Waals surface area contributed by atoms with Crippen LogP contribution in [-0.4, -0.2) is 91.5 Å². The Morgan fingerprint density at radius 3 is 1.69 bits per heavy atom. The summed E-state index contributed by atoms with van der Waals surface area (Å²) >= 11 is 0. The average molecular weight is 842 g/mol. The first-order valence-corrected chi connectivity index (χ1v) is 21.0. The van der Waals surface area contributed by atoms with Gasteiger partial charge < -0.3 is 44.8 Å². The molecule has 9 rings (SSSR count). The minimum absolute atomic E-state index is 0.0144. The Kier molecular flexibility index (Phi) is 11.8. The fraction of sp³-hybridized carbons (Fsp3) is 0.298. The van der Waals surface area contributed by atoms with E-state index in [9.17, 15) is 14.3 Å². The van der Waals surface area contributed by atoms with Gasteiger partial charge in [-0.25, -0.2) is 23.2 Å². The molecule has 3 fully saturated rings. The first-order chi connectivity index (χ1) is 30.2. The minimum Gasteiger partial charge on any atom is -0.508 e. The van der Waals surface area contributed by atoms with E-state index < -0.39 is 17.2 Å². The van der Waals surface area contributed by atoms with Crippen LogP contribution in [0.1, 0.15) is 12.0 Å². The lowest BCUT2D eigenvalue weighted by molar-refractivity contribution is -0.0206. The van der Waals surface area contributed by atoms with Crippen molar-refractivity contribution in [1.29, 1.82) is 0 Å². The molecule has 0 bridgehead atoms. The van der Waals surface area contributed by atoms with Crippen molar-refractivity contribution in [2.45, 2.75) is 18.6 Å². The second kappa shape index (κ2) is 18.0. The summed E-state index contributed by atoms with van der Waals surface area (Å²) in [5.74, 6) is -0.288. The van der Waals surface area contributed by atoms with Crippen LogP contribution in [0.4, 0.5) is 47.7 Å². The number of carbonyl (C=O) groups excluding carboxylic acids is 1. The van der Waals surface area contributed by atoms with E-state index in [1.54, 1.807) is 23.1 Å². The van der Waals surface area contributed by atoms with Crippen LogP contribution < -0.4 is 35.0 Å².